The Kier molecular flexibility index (Phi) is 2.34. The first kappa shape index (κ1) is 8.98. The van der Waals surface area contributed by atoms with Crippen LogP contribution >= 0.6 is 11.6 Å². The minimum absolute atomic E-state index is 0.388. The van der Waals surface area contributed by atoms with Crippen LogP contribution in [0, 0.1) is 11.3 Å². The Morgan fingerprint density at radius 2 is 2.21 bits per heavy atom. The first-order valence-corrected chi connectivity index (χ1v) is 4.59. The lowest BCUT2D eigenvalue weighted by Crippen LogP contribution is -1.86. The second-order valence-electron chi connectivity index (χ2n) is 2.97. The third-order valence-corrected chi connectivity index (χ3v) is 2.30. The molecule has 0 saturated carbocycles. The largest absolute Gasteiger partial charge is 0.256 e. The molecule has 3 heteroatoms. The molecule has 2 rings (SSSR count). The van der Waals surface area contributed by atoms with Crippen LogP contribution in [0.25, 0.3) is 10.9 Å². The molecular weight excluding hydrogens is 196 g/mol. The molecule has 0 bridgehead atoms. The van der Waals surface area contributed by atoms with Gasteiger partial charge in [0.15, 0.2) is 0 Å². The maximum absolute atomic E-state index is 8.65. The highest BCUT2D eigenvalue weighted by atomic mass is 35.5. The van der Waals surface area contributed by atoms with Gasteiger partial charge in [0.05, 0.1) is 18.0 Å². The van der Waals surface area contributed by atoms with Crippen molar-refractivity contribution in [2.45, 2.75) is 6.42 Å². The highest BCUT2D eigenvalue weighted by molar-refractivity contribution is 6.31. The molecule has 0 spiro atoms. The van der Waals surface area contributed by atoms with Gasteiger partial charge in [0.25, 0.3) is 0 Å². The normalized spacial score (nSPS) is 10.0. The Morgan fingerprint density at radius 3 is 3.00 bits per heavy atom. The van der Waals surface area contributed by atoms with Gasteiger partial charge in [-0.3, -0.25) is 4.98 Å². The van der Waals surface area contributed by atoms with Gasteiger partial charge in [-0.2, -0.15) is 5.26 Å². The van der Waals surface area contributed by atoms with Crippen LogP contribution in [0.1, 0.15) is 5.56 Å². The summed E-state index contributed by atoms with van der Waals surface area (Å²) in [5, 5.41) is 10.3. The van der Waals surface area contributed by atoms with E-state index in [4.69, 9.17) is 16.9 Å². The van der Waals surface area contributed by atoms with Gasteiger partial charge < -0.3 is 0 Å². The molecule has 1 aromatic carbocycles. The summed E-state index contributed by atoms with van der Waals surface area (Å²) in [6.07, 6.45) is 2.10. The van der Waals surface area contributed by atoms with Crippen LogP contribution in [0.4, 0.5) is 0 Å². The van der Waals surface area contributed by atoms with Gasteiger partial charge in [-0.05, 0) is 29.8 Å². The Bertz CT molecular complexity index is 514. The van der Waals surface area contributed by atoms with E-state index in [-0.39, 0.29) is 0 Å². The Hall–Kier alpha value is -1.59. The fourth-order valence-corrected chi connectivity index (χ4v) is 1.59. The van der Waals surface area contributed by atoms with Gasteiger partial charge >= 0.3 is 0 Å². The summed E-state index contributed by atoms with van der Waals surface area (Å²) in [7, 11) is 0. The van der Waals surface area contributed by atoms with Crippen LogP contribution in [-0.4, -0.2) is 4.98 Å². The number of nitrogens with zero attached hydrogens (tertiary/aromatic N) is 2. The summed E-state index contributed by atoms with van der Waals surface area (Å²) < 4.78 is 0. The standard InChI is InChI=1S/C11H7ClN2/c12-9-1-2-11-10(7-9)8(3-5-13)4-6-14-11/h1-2,4,6-7H,3H2. The van der Waals surface area contributed by atoms with Crippen LogP contribution < -0.4 is 0 Å². The van der Waals surface area contributed by atoms with Crippen molar-refractivity contribution >= 4 is 22.5 Å². The van der Waals surface area contributed by atoms with E-state index in [2.05, 4.69) is 11.1 Å². The van der Waals surface area contributed by atoms with Gasteiger partial charge in [-0.25, -0.2) is 0 Å². The first-order chi connectivity index (χ1) is 6.81. The van der Waals surface area contributed by atoms with Crippen molar-refractivity contribution in [3.8, 4) is 6.07 Å². The second-order valence-corrected chi connectivity index (χ2v) is 3.40. The molecule has 0 saturated heterocycles. The summed E-state index contributed by atoms with van der Waals surface area (Å²) in [5.41, 5.74) is 1.85. The molecular formula is C11H7ClN2. The number of fused-ring (bicyclic) bond motifs is 1. The lowest BCUT2D eigenvalue weighted by atomic mass is 10.1. The maximum Gasteiger partial charge on any atom is 0.0706 e. The van der Waals surface area contributed by atoms with E-state index in [9.17, 15) is 0 Å². The Balaban J connectivity index is 2.72. The van der Waals surface area contributed by atoms with E-state index in [1.807, 2.05) is 18.2 Å². The molecule has 0 unspecified atom stereocenters. The minimum Gasteiger partial charge on any atom is -0.256 e. The molecule has 68 valence electrons. The summed E-state index contributed by atoms with van der Waals surface area (Å²) in [4.78, 5) is 4.20. The van der Waals surface area contributed by atoms with Crippen molar-refractivity contribution in [1.29, 1.82) is 5.26 Å². The quantitative estimate of drug-likeness (QED) is 0.713. The Morgan fingerprint density at radius 1 is 1.36 bits per heavy atom. The molecule has 1 aromatic heterocycles. The topological polar surface area (TPSA) is 36.7 Å². The van der Waals surface area contributed by atoms with Crippen molar-refractivity contribution in [3.05, 3.63) is 41.0 Å². The molecule has 1 heterocycles. The van der Waals surface area contributed by atoms with Crippen LogP contribution in [0.3, 0.4) is 0 Å². The van der Waals surface area contributed by atoms with Gasteiger partial charge in [0.2, 0.25) is 0 Å². The van der Waals surface area contributed by atoms with Gasteiger partial charge in [0, 0.05) is 16.6 Å². The highest BCUT2D eigenvalue weighted by Crippen LogP contribution is 2.21. The molecule has 2 nitrogen and oxygen atoms in total. The summed E-state index contributed by atoms with van der Waals surface area (Å²) in [5.74, 6) is 0. The number of nitriles is 1. The van der Waals surface area contributed by atoms with Gasteiger partial charge in [0.1, 0.15) is 0 Å². The molecule has 2 aromatic rings. The van der Waals surface area contributed by atoms with Crippen molar-refractivity contribution in [2.24, 2.45) is 0 Å². The molecule has 14 heavy (non-hydrogen) atoms. The zero-order valence-electron chi connectivity index (χ0n) is 7.37. The first-order valence-electron chi connectivity index (χ1n) is 4.21. The molecule has 0 atom stereocenters. The van der Waals surface area contributed by atoms with E-state index in [0.29, 0.717) is 11.4 Å². The lowest BCUT2D eigenvalue weighted by molar-refractivity contribution is 1.26. The number of rotatable bonds is 1. The van der Waals surface area contributed by atoms with Gasteiger partial charge in [-0.15, -0.1) is 0 Å². The van der Waals surface area contributed by atoms with Crippen LogP contribution in [0.5, 0.6) is 0 Å². The number of benzene rings is 1. The SMILES string of the molecule is N#CCc1ccnc2ccc(Cl)cc12. The van der Waals surface area contributed by atoms with E-state index in [1.54, 1.807) is 12.3 Å². The number of halogens is 1. The molecule has 0 N–H and O–H groups in total. The zero-order valence-corrected chi connectivity index (χ0v) is 8.12. The summed E-state index contributed by atoms with van der Waals surface area (Å²) in [6, 6.07) is 9.48. The summed E-state index contributed by atoms with van der Waals surface area (Å²) >= 11 is 5.88. The second kappa shape index (κ2) is 3.65. The fourth-order valence-electron chi connectivity index (χ4n) is 1.41. The third-order valence-electron chi connectivity index (χ3n) is 2.06. The summed E-state index contributed by atoms with van der Waals surface area (Å²) in [6.45, 7) is 0. The van der Waals surface area contributed by atoms with E-state index >= 15 is 0 Å². The third kappa shape index (κ3) is 1.55. The fraction of sp³-hybridized carbons (Fsp3) is 0.0909. The number of aromatic nitrogens is 1. The molecule has 0 aliphatic rings. The number of pyridine rings is 1. The average Bonchev–Trinajstić information content (AvgIpc) is 2.19. The average molecular weight is 203 g/mol. The van der Waals surface area contributed by atoms with Crippen LogP contribution in [-0.2, 0) is 6.42 Å². The number of hydrogen-bond donors (Lipinski definition) is 0. The number of hydrogen-bond acceptors (Lipinski definition) is 2. The van der Waals surface area contributed by atoms with Crippen molar-refractivity contribution in [1.82, 2.24) is 4.98 Å². The molecule has 0 aliphatic carbocycles. The zero-order chi connectivity index (χ0) is 9.97. The van der Waals surface area contributed by atoms with Crippen LogP contribution in [0.2, 0.25) is 5.02 Å². The minimum atomic E-state index is 0.388. The molecule has 0 aliphatic heterocycles. The van der Waals surface area contributed by atoms with Gasteiger partial charge in [-0.1, -0.05) is 11.6 Å². The monoisotopic (exact) mass is 202 g/mol. The predicted molar refractivity (Wildman–Crippen MR) is 56.1 cm³/mol. The maximum atomic E-state index is 8.65. The van der Waals surface area contributed by atoms with Crippen molar-refractivity contribution < 1.29 is 0 Å². The van der Waals surface area contributed by atoms with E-state index < -0.39 is 0 Å². The van der Waals surface area contributed by atoms with E-state index in [1.165, 1.54) is 0 Å². The predicted octanol–water partition coefficient (Wildman–Crippen LogP) is 2.95. The lowest BCUT2D eigenvalue weighted by Gasteiger charge is -2.01. The smallest absolute Gasteiger partial charge is 0.0706 e. The molecule has 0 amide bonds. The highest BCUT2D eigenvalue weighted by Gasteiger charge is 2.01. The Labute approximate surface area is 86.8 Å². The van der Waals surface area contributed by atoms with Crippen molar-refractivity contribution in [3.63, 3.8) is 0 Å². The van der Waals surface area contributed by atoms with E-state index in [0.717, 1.165) is 16.5 Å². The molecule has 0 radical (unpaired) electrons. The van der Waals surface area contributed by atoms with Crippen molar-refractivity contribution in [2.75, 3.05) is 0 Å². The van der Waals surface area contributed by atoms with Crippen LogP contribution in [0.15, 0.2) is 30.5 Å². The molecule has 0 fully saturated rings.